The summed E-state index contributed by atoms with van der Waals surface area (Å²) >= 11 is 0. The molecule has 0 aliphatic heterocycles. The van der Waals surface area contributed by atoms with E-state index in [1.807, 2.05) is 0 Å². The molecule has 0 heterocycles. The Morgan fingerprint density at radius 3 is 2.56 bits per heavy atom. The normalized spacial score (nSPS) is 25.4. The van der Waals surface area contributed by atoms with Gasteiger partial charge in [0.15, 0.2) is 0 Å². The molecule has 94 valence electrons. The molecule has 0 atom stereocenters. The van der Waals surface area contributed by atoms with Gasteiger partial charge >= 0.3 is 0 Å². The number of rotatable bonds is 6. The summed E-state index contributed by atoms with van der Waals surface area (Å²) in [6, 6.07) is 0.653. The number of carbonyl (C=O) groups excluding carboxylic acids is 1. The Kier molecular flexibility index (Phi) is 6.42. The van der Waals surface area contributed by atoms with Crippen LogP contribution in [0.1, 0.15) is 39.0 Å². The first-order valence-electron chi connectivity index (χ1n) is 6.31. The minimum absolute atomic E-state index is 0.0359. The highest BCUT2D eigenvalue weighted by atomic mass is 16.5. The average molecular weight is 228 g/mol. The summed E-state index contributed by atoms with van der Waals surface area (Å²) in [5, 5.41) is 6.10. The predicted octanol–water partition coefficient (Wildman–Crippen LogP) is 1.06. The van der Waals surface area contributed by atoms with Gasteiger partial charge in [-0.2, -0.15) is 0 Å². The fourth-order valence-electron chi connectivity index (χ4n) is 2.05. The molecule has 0 spiro atoms. The fraction of sp³-hybridized carbons (Fsp3) is 0.917. The van der Waals surface area contributed by atoms with E-state index in [9.17, 15) is 4.79 Å². The molecule has 1 amide bonds. The summed E-state index contributed by atoms with van der Waals surface area (Å²) in [7, 11) is 1.64. The van der Waals surface area contributed by atoms with Crippen molar-refractivity contribution in [3.05, 3.63) is 0 Å². The summed E-state index contributed by atoms with van der Waals surface area (Å²) < 4.78 is 5.55. The Morgan fingerprint density at radius 1 is 1.31 bits per heavy atom. The first kappa shape index (κ1) is 13.5. The first-order chi connectivity index (χ1) is 7.76. The fourth-order valence-corrected chi connectivity index (χ4v) is 2.05. The van der Waals surface area contributed by atoms with Crippen LogP contribution >= 0.6 is 0 Å². The van der Waals surface area contributed by atoms with Gasteiger partial charge in [0.25, 0.3) is 0 Å². The zero-order valence-corrected chi connectivity index (χ0v) is 10.4. The van der Waals surface area contributed by atoms with Crippen molar-refractivity contribution in [2.45, 2.75) is 51.2 Å². The van der Waals surface area contributed by atoms with Crippen LogP contribution in [0.15, 0.2) is 0 Å². The third-order valence-electron chi connectivity index (χ3n) is 3.09. The van der Waals surface area contributed by atoms with E-state index in [1.54, 1.807) is 7.05 Å². The second-order valence-corrected chi connectivity index (χ2v) is 4.41. The lowest BCUT2D eigenvalue weighted by Crippen LogP contribution is -2.36. The summed E-state index contributed by atoms with van der Waals surface area (Å²) in [4.78, 5) is 11.0. The molecule has 0 radical (unpaired) electrons. The Hall–Kier alpha value is -0.610. The molecule has 4 heteroatoms. The number of hydrogen-bond acceptors (Lipinski definition) is 3. The van der Waals surface area contributed by atoms with E-state index in [2.05, 4.69) is 17.6 Å². The maximum absolute atomic E-state index is 11.0. The van der Waals surface area contributed by atoms with Gasteiger partial charge in [-0.1, -0.05) is 6.92 Å². The number of nitrogens with one attached hydrogen (secondary N) is 2. The molecule has 16 heavy (non-hydrogen) atoms. The summed E-state index contributed by atoms with van der Waals surface area (Å²) in [6.45, 7) is 3.49. The molecule has 1 aliphatic rings. The van der Waals surface area contributed by atoms with Gasteiger partial charge < -0.3 is 15.4 Å². The molecule has 0 unspecified atom stereocenters. The first-order valence-corrected chi connectivity index (χ1v) is 6.31. The van der Waals surface area contributed by atoms with Crippen LogP contribution in [0.3, 0.4) is 0 Å². The smallest absolute Gasteiger partial charge is 0.245 e. The SMILES string of the molecule is CCCNC1CCC(OCC(=O)NC)CC1. The van der Waals surface area contributed by atoms with Gasteiger partial charge in [-0.3, -0.25) is 4.79 Å². The lowest BCUT2D eigenvalue weighted by Gasteiger charge is -2.29. The second-order valence-electron chi connectivity index (χ2n) is 4.41. The van der Waals surface area contributed by atoms with Crippen LogP contribution in [0, 0.1) is 0 Å². The zero-order valence-electron chi connectivity index (χ0n) is 10.4. The van der Waals surface area contributed by atoms with Crippen LogP contribution in [-0.4, -0.2) is 38.3 Å². The number of ether oxygens (including phenoxy) is 1. The van der Waals surface area contributed by atoms with Crippen molar-refractivity contribution in [2.24, 2.45) is 0 Å². The van der Waals surface area contributed by atoms with Crippen LogP contribution in [0.25, 0.3) is 0 Å². The van der Waals surface area contributed by atoms with Crippen molar-refractivity contribution in [1.82, 2.24) is 10.6 Å². The molecule has 4 nitrogen and oxygen atoms in total. The number of amides is 1. The standard InChI is InChI=1S/C12H24N2O2/c1-3-8-14-10-4-6-11(7-5-10)16-9-12(15)13-2/h10-11,14H,3-9H2,1-2H3,(H,13,15). The van der Waals surface area contributed by atoms with Gasteiger partial charge in [0.1, 0.15) is 6.61 Å². The summed E-state index contributed by atoms with van der Waals surface area (Å²) in [5.74, 6) is -0.0359. The Morgan fingerprint density at radius 2 is 2.00 bits per heavy atom. The van der Waals surface area contributed by atoms with Crippen molar-refractivity contribution in [1.29, 1.82) is 0 Å². The number of likely N-dealkylation sites (N-methyl/N-ethyl adjacent to an activating group) is 1. The maximum atomic E-state index is 11.0. The van der Waals surface area contributed by atoms with Crippen LogP contribution in [0.5, 0.6) is 0 Å². The summed E-state index contributed by atoms with van der Waals surface area (Å²) in [6.07, 6.45) is 5.93. The highest BCUT2D eigenvalue weighted by Crippen LogP contribution is 2.21. The molecule has 0 aromatic carbocycles. The van der Waals surface area contributed by atoms with Gasteiger partial charge in [0, 0.05) is 13.1 Å². The molecule has 2 N–H and O–H groups in total. The monoisotopic (exact) mass is 228 g/mol. The molecule has 1 saturated carbocycles. The van der Waals surface area contributed by atoms with Gasteiger partial charge in [0.2, 0.25) is 5.91 Å². The van der Waals surface area contributed by atoms with E-state index < -0.39 is 0 Å². The van der Waals surface area contributed by atoms with Gasteiger partial charge in [-0.25, -0.2) is 0 Å². The van der Waals surface area contributed by atoms with Crippen LogP contribution in [0.4, 0.5) is 0 Å². The highest BCUT2D eigenvalue weighted by Gasteiger charge is 2.21. The number of hydrogen-bond donors (Lipinski definition) is 2. The van der Waals surface area contributed by atoms with Crippen molar-refractivity contribution in [3.8, 4) is 0 Å². The van der Waals surface area contributed by atoms with E-state index in [-0.39, 0.29) is 18.6 Å². The molecule has 1 aliphatic carbocycles. The van der Waals surface area contributed by atoms with Crippen LogP contribution < -0.4 is 10.6 Å². The van der Waals surface area contributed by atoms with E-state index in [0.29, 0.717) is 6.04 Å². The second kappa shape index (κ2) is 7.63. The third-order valence-corrected chi connectivity index (χ3v) is 3.09. The Balaban J connectivity index is 2.09. The van der Waals surface area contributed by atoms with Crippen molar-refractivity contribution in [3.63, 3.8) is 0 Å². The van der Waals surface area contributed by atoms with Gasteiger partial charge in [-0.15, -0.1) is 0 Å². The largest absolute Gasteiger partial charge is 0.368 e. The van der Waals surface area contributed by atoms with Gasteiger partial charge in [-0.05, 0) is 38.6 Å². The lowest BCUT2D eigenvalue weighted by molar-refractivity contribution is -0.127. The molecule has 0 saturated heterocycles. The van der Waals surface area contributed by atoms with Crippen LogP contribution in [0.2, 0.25) is 0 Å². The lowest BCUT2D eigenvalue weighted by atomic mass is 9.93. The molecule has 0 aromatic rings. The summed E-state index contributed by atoms with van der Waals surface area (Å²) in [5.41, 5.74) is 0. The predicted molar refractivity (Wildman–Crippen MR) is 64.4 cm³/mol. The zero-order chi connectivity index (χ0) is 11.8. The number of carbonyl (C=O) groups is 1. The minimum Gasteiger partial charge on any atom is -0.368 e. The van der Waals surface area contributed by atoms with E-state index in [0.717, 1.165) is 19.4 Å². The van der Waals surface area contributed by atoms with E-state index >= 15 is 0 Å². The Bertz CT molecular complexity index is 201. The third kappa shape index (κ3) is 4.94. The Labute approximate surface area is 98.1 Å². The maximum Gasteiger partial charge on any atom is 0.245 e. The molecule has 1 rings (SSSR count). The average Bonchev–Trinajstić information content (AvgIpc) is 2.34. The molecule has 0 bridgehead atoms. The topological polar surface area (TPSA) is 50.4 Å². The molecular formula is C12H24N2O2. The van der Waals surface area contributed by atoms with Crippen LogP contribution in [-0.2, 0) is 9.53 Å². The van der Waals surface area contributed by atoms with Crippen molar-refractivity contribution in [2.75, 3.05) is 20.2 Å². The molecule has 0 aromatic heterocycles. The molecule has 1 fully saturated rings. The van der Waals surface area contributed by atoms with Crippen molar-refractivity contribution < 1.29 is 9.53 Å². The molecular weight excluding hydrogens is 204 g/mol. The highest BCUT2D eigenvalue weighted by molar-refractivity contribution is 5.76. The van der Waals surface area contributed by atoms with Gasteiger partial charge in [0.05, 0.1) is 6.10 Å². The quantitative estimate of drug-likeness (QED) is 0.714. The minimum atomic E-state index is -0.0359. The van der Waals surface area contributed by atoms with Crippen molar-refractivity contribution >= 4 is 5.91 Å². The van der Waals surface area contributed by atoms with E-state index in [4.69, 9.17) is 4.74 Å². The van der Waals surface area contributed by atoms with E-state index in [1.165, 1.54) is 19.3 Å².